The summed E-state index contributed by atoms with van der Waals surface area (Å²) in [6.07, 6.45) is 1.74. The smallest absolute Gasteiger partial charge is 0.146 e. The zero-order valence-corrected chi connectivity index (χ0v) is 10.3. The van der Waals surface area contributed by atoms with E-state index in [0.29, 0.717) is 18.3 Å². The molecule has 0 fully saturated rings. The molecule has 0 aliphatic rings. The number of Topliss-reactive ketones (excluding diaryl/α,β-unsaturated/α-hetero) is 1. The van der Waals surface area contributed by atoms with Crippen molar-refractivity contribution in [3.05, 3.63) is 0 Å². The Hall–Kier alpha value is -0.370. The minimum atomic E-state index is 0.185. The summed E-state index contributed by atoms with van der Waals surface area (Å²) in [6.45, 7) is 11.2. The summed E-state index contributed by atoms with van der Waals surface area (Å²) >= 11 is 0. The van der Waals surface area contributed by atoms with Crippen molar-refractivity contribution in [1.29, 1.82) is 0 Å². The minimum Gasteiger partial charge on any atom is -0.324 e. The van der Waals surface area contributed by atoms with Gasteiger partial charge in [-0.2, -0.15) is 0 Å². The lowest BCUT2D eigenvalue weighted by molar-refractivity contribution is -0.119. The van der Waals surface area contributed by atoms with Crippen LogP contribution in [0.15, 0.2) is 0 Å². The quantitative estimate of drug-likeness (QED) is 0.739. The first-order valence-corrected chi connectivity index (χ1v) is 5.49. The lowest BCUT2D eigenvalue weighted by Gasteiger charge is -2.31. The first kappa shape index (κ1) is 13.6. The van der Waals surface area contributed by atoms with Crippen LogP contribution >= 0.6 is 0 Å². The van der Waals surface area contributed by atoms with Crippen molar-refractivity contribution in [3.63, 3.8) is 0 Å². The van der Waals surface area contributed by atoms with E-state index in [1.165, 1.54) is 0 Å². The van der Waals surface area contributed by atoms with Crippen LogP contribution in [0.3, 0.4) is 0 Å². The zero-order valence-electron chi connectivity index (χ0n) is 10.3. The molecule has 0 bridgehead atoms. The second-order valence-electron chi connectivity index (χ2n) is 5.64. The Morgan fingerprint density at radius 1 is 1.29 bits per heavy atom. The summed E-state index contributed by atoms with van der Waals surface area (Å²) in [5.74, 6) is 1.29. The van der Waals surface area contributed by atoms with E-state index < -0.39 is 0 Å². The number of rotatable bonds is 5. The van der Waals surface area contributed by atoms with Gasteiger partial charge in [-0.15, -0.1) is 0 Å². The lowest BCUT2D eigenvalue weighted by atomic mass is 9.74. The first-order chi connectivity index (χ1) is 6.27. The molecule has 0 saturated heterocycles. The SMILES string of the molecule is CC(C)CC(CC(=O)CN)C(C)(C)C. The van der Waals surface area contributed by atoms with Crippen LogP contribution in [0.25, 0.3) is 0 Å². The summed E-state index contributed by atoms with van der Waals surface area (Å²) in [7, 11) is 0. The minimum absolute atomic E-state index is 0.185. The van der Waals surface area contributed by atoms with Crippen LogP contribution in [0.1, 0.15) is 47.5 Å². The van der Waals surface area contributed by atoms with Gasteiger partial charge in [0.05, 0.1) is 6.54 Å². The topological polar surface area (TPSA) is 43.1 Å². The van der Waals surface area contributed by atoms with Gasteiger partial charge >= 0.3 is 0 Å². The van der Waals surface area contributed by atoms with Crippen molar-refractivity contribution in [2.45, 2.75) is 47.5 Å². The molecule has 0 radical (unpaired) electrons. The van der Waals surface area contributed by atoms with E-state index in [9.17, 15) is 4.79 Å². The van der Waals surface area contributed by atoms with Gasteiger partial charge in [0.25, 0.3) is 0 Å². The van der Waals surface area contributed by atoms with E-state index in [-0.39, 0.29) is 17.7 Å². The third-order valence-corrected chi connectivity index (χ3v) is 2.68. The molecule has 0 rings (SSSR count). The van der Waals surface area contributed by atoms with Crippen LogP contribution in [-0.2, 0) is 4.79 Å². The summed E-state index contributed by atoms with van der Waals surface area (Å²) in [6, 6.07) is 0. The van der Waals surface area contributed by atoms with Gasteiger partial charge < -0.3 is 5.73 Å². The number of carbonyl (C=O) groups excluding carboxylic acids is 1. The molecular weight excluding hydrogens is 174 g/mol. The third-order valence-electron chi connectivity index (χ3n) is 2.68. The van der Waals surface area contributed by atoms with Crippen molar-refractivity contribution in [2.75, 3.05) is 6.54 Å². The van der Waals surface area contributed by atoms with Crippen LogP contribution in [0.4, 0.5) is 0 Å². The molecule has 1 unspecified atom stereocenters. The first-order valence-electron chi connectivity index (χ1n) is 5.49. The Kier molecular flexibility index (Phi) is 5.35. The van der Waals surface area contributed by atoms with Crippen LogP contribution < -0.4 is 5.73 Å². The van der Waals surface area contributed by atoms with Gasteiger partial charge in [0.2, 0.25) is 0 Å². The second kappa shape index (κ2) is 5.50. The van der Waals surface area contributed by atoms with Gasteiger partial charge in [0.1, 0.15) is 5.78 Å². The lowest BCUT2D eigenvalue weighted by Crippen LogP contribution is -2.27. The van der Waals surface area contributed by atoms with E-state index in [4.69, 9.17) is 5.73 Å². The number of nitrogens with two attached hydrogens (primary N) is 1. The Morgan fingerprint density at radius 3 is 2.07 bits per heavy atom. The summed E-state index contributed by atoms with van der Waals surface area (Å²) in [5, 5.41) is 0. The van der Waals surface area contributed by atoms with Crippen molar-refractivity contribution in [3.8, 4) is 0 Å². The molecule has 1 atom stereocenters. The van der Waals surface area contributed by atoms with Crippen LogP contribution in [0, 0.1) is 17.3 Å². The Morgan fingerprint density at radius 2 is 1.79 bits per heavy atom. The summed E-state index contributed by atoms with van der Waals surface area (Å²) in [4.78, 5) is 11.3. The number of ketones is 1. The number of carbonyl (C=O) groups is 1. The highest BCUT2D eigenvalue weighted by molar-refractivity contribution is 5.80. The molecular formula is C12H25NO. The van der Waals surface area contributed by atoms with Crippen molar-refractivity contribution in [2.24, 2.45) is 23.0 Å². The molecule has 14 heavy (non-hydrogen) atoms. The van der Waals surface area contributed by atoms with Crippen molar-refractivity contribution in [1.82, 2.24) is 0 Å². The zero-order chi connectivity index (χ0) is 11.4. The van der Waals surface area contributed by atoms with Gasteiger partial charge in [0.15, 0.2) is 0 Å². The molecule has 0 aliphatic heterocycles. The van der Waals surface area contributed by atoms with Crippen LogP contribution in [-0.4, -0.2) is 12.3 Å². The monoisotopic (exact) mass is 199 g/mol. The molecule has 2 nitrogen and oxygen atoms in total. The summed E-state index contributed by atoms with van der Waals surface area (Å²) < 4.78 is 0. The van der Waals surface area contributed by atoms with Crippen LogP contribution in [0.5, 0.6) is 0 Å². The molecule has 0 heterocycles. The van der Waals surface area contributed by atoms with Crippen molar-refractivity contribution < 1.29 is 4.79 Å². The average molecular weight is 199 g/mol. The third kappa shape index (κ3) is 5.38. The molecule has 0 spiro atoms. The molecule has 0 aromatic rings. The molecule has 0 amide bonds. The maximum absolute atomic E-state index is 11.3. The standard InChI is InChI=1S/C12H25NO/c1-9(2)6-10(12(3,4)5)7-11(14)8-13/h9-10H,6-8,13H2,1-5H3. The Balaban J connectivity index is 4.33. The van der Waals surface area contributed by atoms with E-state index >= 15 is 0 Å². The van der Waals surface area contributed by atoms with Gasteiger partial charge in [-0.25, -0.2) is 0 Å². The molecule has 0 aromatic heterocycles. The molecule has 0 aliphatic carbocycles. The maximum atomic E-state index is 11.3. The highest BCUT2D eigenvalue weighted by atomic mass is 16.1. The van der Waals surface area contributed by atoms with Gasteiger partial charge in [-0.05, 0) is 23.7 Å². The van der Waals surface area contributed by atoms with E-state index in [1.807, 2.05) is 0 Å². The number of hydrogen-bond donors (Lipinski definition) is 1. The predicted octanol–water partition coefficient (Wildman–Crippen LogP) is 2.61. The van der Waals surface area contributed by atoms with E-state index in [2.05, 4.69) is 34.6 Å². The van der Waals surface area contributed by atoms with E-state index in [0.717, 1.165) is 6.42 Å². The van der Waals surface area contributed by atoms with Crippen LogP contribution in [0.2, 0.25) is 0 Å². The summed E-state index contributed by atoms with van der Waals surface area (Å²) in [5.41, 5.74) is 5.55. The molecule has 0 aromatic carbocycles. The van der Waals surface area contributed by atoms with E-state index in [1.54, 1.807) is 0 Å². The molecule has 2 N–H and O–H groups in total. The molecule has 84 valence electrons. The van der Waals surface area contributed by atoms with Gasteiger partial charge in [-0.3, -0.25) is 4.79 Å². The predicted molar refractivity (Wildman–Crippen MR) is 61.1 cm³/mol. The second-order valence-corrected chi connectivity index (χ2v) is 5.64. The average Bonchev–Trinajstić information content (AvgIpc) is 2.00. The fourth-order valence-corrected chi connectivity index (χ4v) is 1.67. The highest BCUT2D eigenvalue weighted by Crippen LogP contribution is 2.33. The van der Waals surface area contributed by atoms with Gasteiger partial charge in [0, 0.05) is 6.42 Å². The largest absolute Gasteiger partial charge is 0.324 e. The van der Waals surface area contributed by atoms with Crippen molar-refractivity contribution >= 4 is 5.78 Å². The number of hydrogen-bond acceptors (Lipinski definition) is 2. The molecule has 2 heteroatoms. The maximum Gasteiger partial charge on any atom is 0.146 e. The normalized spacial score (nSPS) is 14.5. The Labute approximate surface area is 88.3 Å². The van der Waals surface area contributed by atoms with Gasteiger partial charge in [-0.1, -0.05) is 34.6 Å². The fraction of sp³-hybridized carbons (Fsp3) is 0.917. The highest BCUT2D eigenvalue weighted by Gasteiger charge is 2.26. The fourth-order valence-electron chi connectivity index (χ4n) is 1.67. The Bertz CT molecular complexity index is 179. The molecule has 0 saturated carbocycles.